The van der Waals surface area contributed by atoms with Crippen LogP contribution in [0.25, 0.3) is 0 Å². The SMILES string of the molecule is COC(=O)/C=C(/Nc1ccc(C(=O)O)cc1C(=O)O)C(=O)OC. The largest absolute Gasteiger partial charge is 0.478 e. The van der Waals surface area contributed by atoms with E-state index in [1.54, 1.807) is 0 Å². The molecule has 0 amide bonds. The molecule has 9 nitrogen and oxygen atoms in total. The average Bonchev–Trinajstić information content (AvgIpc) is 2.52. The van der Waals surface area contributed by atoms with Gasteiger partial charge in [-0.1, -0.05) is 0 Å². The lowest BCUT2D eigenvalue weighted by Crippen LogP contribution is -2.17. The van der Waals surface area contributed by atoms with Crippen LogP contribution in [0.1, 0.15) is 20.7 Å². The van der Waals surface area contributed by atoms with Gasteiger partial charge in [-0.3, -0.25) is 0 Å². The number of aromatic carboxylic acids is 2. The summed E-state index contributed by atoms with van der Waals surface area (Å²) in [5, 5.41) is 20.5. The molecule has 9 heteroatoms. The summed E-state index contributed by atoms with van der Waals surface area (Å²) >= 11 is 0. The van der Waals surface area contributed by atoms with Crippen LogP contribution in [0.15, 0.2) is 30.0 Å². The van der Waals surface area contributed by atoms with Gasteiger partial charge in [0, 0.05) is 0 Å². The van der Waals surface area contributed by atoms with Crippen molar-refractivity contribution in [3.05, 3.63) is 41.1 Å². The summed E-state index contributed by atoms with van der Waals surface area (Å²) in [5.41, 5.74) is -1.11. The lowest BCUT2D eigenvalue weighted by molar-refractivity contribution is -0.138. The van der Waals surface area contributed by atoms with Gasteiger partial charge in [0.1, 0.15) is 5.70 Å². The lowest BCUT2D eigenvalue weighted by atomic mass is 10.1. The van der Waals surface area contributed by atoms with E-state index in [0.717, 1.165) is 38.5 Å². The number of nitrogens with one attached hydrogen (secondary N) is 1. The quantitative estimate of drug-likeness (QED) is 0.510. The van der Waals surface area contributed by atoms with Gasteiger partial charge in [0.05, 0.1) is 37.1 Å². The Morgan fingerprint density at radius 2 is 1.70 bits per heavy atom. The van der Waals surface area contributed by atoms with Crippen molar-refractivity contribution >= 4 is 29.6 Å². The third kappa shape index (κ3) is 4.56. The van der Waals surface area contributed by atoms with Crippen LogP contribution in [-0.2, 0) is 19.1 Å². The first-order valence-corrected chi connectivity index (χ1v) is 6.05. The molecule has 0 aliphatic heterocycles. The zero-order chi connectivity index (χ0) is 17.6. The van der Waals surface area contributed by atoms with Gasteiger partial charge in [-0.25, -0.2) is 19.2 Å². The molecule has 0 aromatic heterocycles. The minimum Gasteiger partial charge on any atom is -0.478 e. The van der Waals surface area contributed by atoms with Crippen molar-refractivity contribution in [2.75, 3.05) is 19.5 Å². The molecule has 0 aliphatic rings. The molecular weight excluding hydrogens is 310 g/mol. The van der Waals surface area contributed by atoms with Gasteiger partial charge in [0.15, 0.2) is 0 Å². The van der Waals surface area contributed by atoms with Crippen LogP contribution >= 0.6 is 0 Å². The van der Waals surface area contributed by atoms with Crippen molar-refractivity contribution in [1.29, 1.82) is 0 Å². The Balaban J connectivity index is 3.30. The third-order valence-electron chi connectivity index (χ3n) is 2.63. The first-order chi connectivity index (χ1) is 10.8. The molecule has 23 heavy (non-hydrogen) atoms. The Kier molecular flexibility index (Phi) is 5.84. The molecule has 1 rings (SSSR count). The highest BCUT2D eigenvalue weighted by molar-refractivity contribution is 6.02. The normalized spacial score (nSPS) is 10.6. The fraction of sp³-hybridized carbons (Fsp3) is 0.143. The highest BCUT2D eigenvalue weighted by atomic mass is 16.5. The second-order valence-corrected chi connectivity index (χ2v) is 4.07. The number of benzene rings is 1. The summed E-state index contributed by atoms with van der Waals surface area (Å²) in [5.74, 6) is -4.53. The van der Waals surface area contributed by atoms with Crippen molar-refractivity contribution in [2.24, 2.45) is 0 Å². The second-order valence-electron chi connectivity index (χ2n) is 4.07. The molecule has 0 radical (unpaired) electrons. The topological polar surface area (TPSA) is 139 Å². The standard InChI is InChI=1S/C14H13NO8/c1-22-11(16)6-10(14(21)23-2)15-9-4-3-7(12(17)18)5-8(9)13(19)20/h3-6,15H,1-2H3,(H,17,18)(H,19,20)/b10-6+. The fourth-order valence-corrected chi connectivity index (χ4v) is 1.54. The molecule has 0 heterocycles. The van der Waals surface area contributed by atoms with Crippen molar-refractivity contribution in [2.45, 2.75) is 0 Å². The van der Waals surface area contributed by atoms with Crippen molar-refractivity contribution in [3.8, 4) is 0 Å². The number of hydrogen-bond acceptors (Lipinski definition) is 7. The van der Waals surface area contributed by atoms with Gasteiger partial charge in [-0.2, -0.15) is 0 Å². The molecule has 0 spiro atoms. The zero-order valence-electron chi connectivity index (χ0n) is 12.2. The van der Waals surface area contributed by atoms with Crippen molar-refractivity contribution < 1.29 is 38.9 Å². The number of esters is 2. The number of carbonyl (C=O) groups excluding carboxylic acids is 2. The minimum atomic E-state index is -1.42. The molecular formula is C14H13NO8. The predicted molar refractivity (Wildman–Crippen MR) is 76.1 cm³/mol. The van der Waals surface area contributed by atoms with Crippen LogP contribution in [0.5, 0.6) is 0 Å². The van der Waals surface area contributed by atoms with Gasteiger partial charge in [0.2, 0.25) is 0 Å². The number of carboxylic acid groups (broad SMARTS) is 2. The Bertz CT molecular complexity index is 692. The van der Waals surface area contributed by atoms with E-state index >= 15 is 0 Å². The zero-order valence-corrected chi connectivity index (χ0v) is 12.2. The lowest BCUT2D eigenvalue weighted by Gasteiger charge is -2.12. The van der Waals surface area contributed by atoms with Crippen molar-refractivity contribution in [3.63, 3.8) is 0 Å². The predicted octanol–water partition coefficient (Wildman–Crippen LogP) is 0.725. The number of methoxy groups -OCH3 is 2. The third-order valence-corrected chi connectivity index (χ3v) is 2.63. The fourth-order valence-electron chi connectivity index (χ4n) is 1.54. The number of rotatable bonds is 6. The number of carbonyl (C=O) groups is 4. The van der Waals surface area contributed by atoms with Crippen LogP contribution in [0.3, 0.4) is 0 Å². The first kappa shape index (κ1) is 17.7. The highest BCUT2D eigenvalue weighted by Gasteiger charge is 2.18. The van der Waals surface area contributed by atoms with E-state index < -0.39 is 29.4 Å². The van der Waals surface area contributed by atoms with Gasteiger partial charge < -0.3 is 25.0 Å². The molecule has 0 fully saturated rings. The average molecular weight is 323 g/mol. The van der Waals surface area contributed by atoms with Gasteiger partial charge in [-0.15, -0.1) is 0 Å². The van der Waals surface area contributed by atoms with Crippen LogP contribution in [0.2, 0.25) is 0 Å². The summed E-state index contributed by atoms with van der Waals surface area (Å²) in [7, 11) is 2.17. The summed E-state index contributed by atoms with van der Waals surface area (Å²) < 4.78 is 8.86. The maximum atomic E-state index is 11.6. The Labute approximate surface area is 130 Å². The molecule has 3 N–H and O–H groups in total. The minimum absolute atomic E-state index is 0.0944. The summed E-state index contributed by atoms with van der Waals surface area (Å²) in [4.78, 5) is 45.0. The molecule has 0 atom stereocenters. The Morgan fingerprint density at radius 1 is 1.04 bits per heavy atom. The summed E-state index contributed by atoms with van der Waals surface area (Å²) in [6.45, 7) is 0. The molecule has 0 bridgehead atoms. The number of hydrogen-bond donors (Lipinski definition) is 3. The first-order valence-electron chi connectivity index (χ1n) is 6.05. The molecule has 1 aromatic rings. The highest BCUT2D eigenvalue weighted by Crippen LogP contribution is 2.20. The van der Waals surface area contributed by atoms with Crippen LogP contribution < -0.4 is 5.32 Å². The molecule has 0 saturated heterocycles. The van der Waals surface area contributed by atoms with Gasteiger partial charge in [0.25, 0.3) is 0 Å². The van der Waals surface area contributed by atoms with E-state index in [0.29, 0.717) is 0 Å². The van der Waals surface area contributed by atoms with Crippen LogP contribution in [-0.4, -0.2) is 48.3 Å². The van der Waals surface area contributed by atoms with E-state index in [1.165, 1.54) is 0 Å². The van der Waals surface area contributed by atoms with Gasteiger partial charge in [-0.05, 0) is 18.2 Å². The maximum Gasteiger partial charge on any atom is 0.354 e. The Morgan fingerprint density at radius 3 is 2.17 bits per heavy atom. The summed E-state index contributed by atoms with van der Waals surface area (Å²) in [6.07, 6.45) is 0.780. The molecule has 122 valence electrons. The van der Waals surface area contributed by atoms with E-state index in [9.17, 15) is 19.2 Å². The molecule has 0 unspecified atom stereocenters. The van der Waals surface area contributed by atoms with Crippen molar-refractivity contribution in [1.82, 2.24) is 0 Å². The molecule has 1 aromatic carbocycles. The van der Waals surface area contributed by atoms with Crippen LogP contribution in [0, 0.1) is 0 Å². The Hall–Kier alpha value is -3.36. The smallest absolute Gasteiger partial charge is 0.354 e. The second kappa shape index (κ2) is 7.59. The maximum absolute atomic E-state index is 11.6. The van der Waals surface area contributed by atoms with Crippen LogP contribution in [0.4, 0.5) is 5.69 Å². The van der Waals surface area contributed by atoms with E-state index in [1.807, 2.05) is 0 Å². The number of carboxylic acids is 2. The molecule has 0 aliphatic carbocycles. The van der Waals surface area contributed by atoms with E-state index in [4.69, 9.17) is 10.2 Å². The van der Waals surface area contributed by atoms with E-state index in [2.05, 4.69) is 14.8 Å². The summed E-state index contributed by atoms with van der Waals surface area (Å²) in [6, 6.07) is 3.21. The number of anilines is 1. The molecule has 0 saturated carbocycles. The monoisotopic (exact) mass is 323 g/mol. The van der Waals surface area contributed by atoms with E-state index in [-0.39, 0.29) is 16.9 Å². The number of ether oxygens (including phenoxy) is 2. The van der Waals surface area contributed by atoms with Gasteiger partial charge >= 0.3 is 23.9 Å².